The van der Waals surface area contributed by atoms with E-state index in [4.69, 9.17) is 15.5 Å². The van der Waals surface area contributed by atoms with Crippen molar-refractivity contribution < 1.29 is 4.74 Å². The van der Waals surface area contributed by atoms with Gasteiger partial charge in [-0.3, -0.25) is 0 Å². The number of nitrogens with two attached hydrogens (primary N) is 1. The van der Waals surface area contributed by atoms with Gasteiger partial charge >= 0.3 is 0 Å². The van der Waals surface area contributed by atoms with E-state index in [0.717, 1.165) is 27.8 Å². The van der Waals surface area contributed by atoms with E-state index in [1.807, 2.05) is 72.8 Å². The predicted octanol–water partition coefficient (Wildman–Crippen LogP) is 5.01. The lowest BCUT2D eigenvalue weighted by atomic mass is 10.2. The number of aromatic nitrogens is 2. The average Bonchev–Trinajstić information content (AvgIpc) is 2.75. The Morgan fingerprint density at radius 3 is 2.24 bits per heavy atom. The molecule has 0 saturated carbocycles. The van der Waals surface area contributed by atoms with Crippen molar-refractivity contribution in [3.63, 3.8) is 0 Å². The van der Waals surface area contributed by atoms with Crippen LogP contribution in [0.15, 0.2) is 72.8 Å². The standard InChI is InChI=1S/C22H21N5O.ClH/c1-28-19-9-5-8-18-20(19)26-22(25-17-12-10-15(14-23)11-13-17)27-21(18)24-16-6-3-2-4-7-16;/h2-13H,14,23H2,1H3,(H2,24,25,26,27);1H. The maximum absolute atomic E-state index is 5.67. The number of nitrogens with zero attached hydrogens (tertiary/aromatic N) is 2. The van der Waals surface area contributed by atoms with Crippen molar-refractivity contribution in [1.29, 1.82) is 0 Å². The second kappa shape index (κ2) is 9.23. The van der Waals surface area contributed by atoms with Crippen LogP contribution in [0.3, 0.4) is 0 Å². The molecular formula is C22H22ClN5O. The van der Waals surface area contributed by atoms with Crippen LogP contribution in [-0.4, -0.2) is 17.1 Å². The number of rotatable bonds is 6. The molecule has 0 radical (unpaired) electrons. The summed E-state index contributed by atoms with van der Waals surface area (Å²) in [6, 6.07) is 23.6. The number of anilines is 4. The van der Waals surface area contributed by atoms with Gasteiger partial charge in [0.2, 0.25) is 5.95 Å². The first-order chi connectivity index (χ1) is 13.8. The van der Waals surface area contributed by atoms with Gasteiger partial charge in [0.1, 0.15) is 17.1 Å². The fraction of sp³-hybridized carbons (Fsp3) is 0.0909. The molecule has 0 spiro atoms. The van der Waals surface area contributed by atoms with E-state index in [1.165, 1.54) is 0 Å². The second-order valence-corrected chi connectivity index (χ2v) is 6.27. The second-order valence-electron chi connectivity index (χ2n) is 6.27. The lowest BCUT2D eigenvalue weighted by Gasteiger charge is -2.13. The lowest BCUT2D eigenvalue weighted by Crippen LogP contribution is -2.03. The van der Waals surface area contributed by atoms with E-state index >= 15 is 0 Å². The molecule has 0 saturated heterocycles. The number of ether oxygens (including phenoxy) is 1. The molecule has 1 heterocycles. The van der Waals surface area contributed by atoms with Gasteiger partial charge < -0.3 is 21.1 Å². The summed E-state index contributed by atoms with van der Waals surface area (Å²) < 4.78 is 5.51. The molecule has 29 heavy (non-hydrogen) atoms. The SMILES string of the molecule is COc1cccc2c(Nc3ccccc3)nc(Nc3ccc(CN)cc3)nc12.Cl. The molecular weight excluding hydrogens is 386 g/mol. The van der Waals surface area contributed by atoms with Crippen LogP contribution >= 0.6 is 12.4 Å². The van der Waals surface area contributed by atoms with Crippen molar-refractivity contribution >= 4 is 46.5 Å². The van der Waals surface area contributed by atoms with E-state index in [-0.39, 0.29) is 12.4 Å². The van der Waals surface area contributed by atoms with Gasteiger partial charge in [-0.15, -0.1) is 12.4 Å². The quantitative estimate of drug-likeness (QED) is 0.416. The number of hydrogen-bond acceptors (Lipinski definition) is 6. The van der Waals surface area contributed by atoms with Crippen LogP contribution in [0.25, 0.3) is 10.9 Å². The zero-order valence-electron chi connectivity index (χ0n) is 15.9. The summed E-state index contributed by atoms with van der Waals surface area (Å²) in [6.07, 6.45) is 0. The molecule has 4 aromatic rings. The fourth-order valence-electron chi connectivity index (χ4n) is 2.95. The third-order valence-corrected chi connectivity index (χ3v) is 4.39. The Morgan fingerprint density at radius 1 is 0.828 bits per heavy atom. The topological polar surface area (TPSA) is 85.1 Å². The third-order valence-electron chi connectivity index (χ3n) is 4.39. The maximum atomic E-state index is 5.67. The summed E-state index contributed by atoms with van der Waals surface area (Å²) in [7, 11) is 1.64. The highest BCUT2D eigenvalue weighted by Gasteiger charge is 2.12. The molecule has 4 rings (SSSR count). The monoisotopic (exact) mass is 407 g/mol. The Morgan fingerprint density at radius 2 is 1.55 bits per heavy atom. The Kier molecular flexibility index (Phi) is 6.49. The van der Waals surface area contributed by atoms with Crippen LogP contribution in [0.5, 0.6) is 5.75 Å². The first-order valence-electron chi connectivity index (χ1n) is 8.99. The van der Waals surface area contributed by atoms with Gasteiger partial charge in [0.25, 0.3) is 0 Å². The Hall–Kier alpha value is -3.35. The van der Waals surface area contributed by atoms with Crippen molar-refractivity contribution in [3.8, 4) is 5.75 Å². The van der Waals surface area contributed by atoms with Crippen molar-refractivity contribution in [2.45, 2.75) is 6.54 Å². The first kappa shape index (κ1) is 20.4. The molecule has 0 bridgehead atoms. The highest BCUT2D eigenvalue weighted by Crippen LogP contribution is 2.31. The molecule has 0 aliphatic heterocycles. The molecule has 0 atom stereocenters. The van der Waals surface area contributed by atoms with E-state index in [9.17, 15) is 0 Å². The molecule has 6 nitrogen and oxygen atoms in total. The minimum absolute atomic E-state index is 0. The number of hydrogen-bond donors (Lipinski definition) is 3. The van der Waals surface area contributed by atoms with Crippen molar-refractivity contribution in [2.75, 3.05) is 17.7 Å². The van der Waals surface area contributed by atoms with Crippen LogP contribution in [0.1, 0.15) is 5.56 Å². The summed E-state index contributed by atoms with van der Waals surface area (Å²) >= 11 is 0. The summed E-state index contributed by atoms with van der Waals surface area (Å²) in [5.74, 6) is 1.88. The molecule has 0 unspecified atom stereocenters. The number of para-hydroxylation sites is 2. The summed E-state index contributed by atoms with van der Waals surface area (Å²) in [5, 5.41) is 7.53. The van der Waals surface area contributed by atoms with E-state index in [2.05, 4.69) is 15.6 Å². The van der Waals surface area contributed by atoms with Gasteiger partial charge in [-0.1, -0.05) is 36.4 Å². The number of halogens is 1. The van der Waals surface area contributed by atoms with Gasteiger partial charge in [-0.05, 0) is 42.0 Å². The smallest absolute Gasteiger partial charge is 0.229 e. The van der Waals surface area contributed by atoms with Crippen molar-refractivity contribution in [1.82, 2.24) is 9.97 Å². The fourth-order valence-corrected chi connectivity index (χ4v) is 2.95. The number of nitrogens with one attached hydrogen (secondary N) is 2. The minimum atomic E-state index is 0. The van der Waals surface area contributed by atoms with Crippen LogP contribution in [0.4, 0.5) is 23.1 Å². The molecule has 3 aromatic carbocycles. The molecule has 1 aromatic heterocycles. The Balaban J connectivity index is 0.00000240. The van der Waals surface area contributed by atoms with E-state index < -0.39 is 0 Å². The molecule has 148 valence electrons. The zero-order chi connectivity index (χ0) is 19.3. The van der Waals surface area contributed by atoms with Crippen LogP contribution in [0.2, 0.25) is 0 Å². The normalized spacial score (nSPS) is 10.3. The summed E-state index contributed by atoms with van der Waals surface area (Å²) in [6.45, 7) is 0.509. The van der Waals surface area contributed by atoms with Crippen LogP contribution in [-0.2, 0) is 6.54 Å². The van der Waals surface area contributed by atoms with Gasteiger partial charge in [0.05, 0.1) is 7.11 Å². The Labute approximate surface area is 175 Å². The van der Waals surface area contributed by atoms with Crippen molar-refractivity contribution in [3.05, 3.63) is 78.4 Å². The van der Waals surface area contributed by atoms with Gasteiger partial charge in [-0.25, -0.2) is 4.98 Å². The first-order valence-corrected chi connectivity index (χ1v) is 8.99. The van der Waals surface area contributed by atoms with Gasteiger partial charge in [0, 0.05) is 23.3 Å². The van der Waals surface area contributed by atoms with Crippen molar-refractivity contribution in [2.24, 2.45) is 5.73 Å². The van der Waals surface area contributed by atoms with Gasteiger partial charge in [0.15, 0.2) is 0 Å². The predicted molar refractivity (Wildman–Crippen MR) is 121 cm³/mol. The van der Waals surface area contributed by atoms with Crippen LogP contribution in [0, 0.1) is 0 Å². The minimum Gasteiger partial charge on any atom is -0.494 e. The molecule has 0 amide bonds. The molecule has 4 N–H and O–H groups in total. The highest BCUT2D eigenvalue weighted by molar-refractivity contribution is 5.95. The molecule has 7 heteroatoms. The lowest BCUT2D eigenvalue weighted by molar-refractivity contribution is 0.419. The third kappa shape index (κ3) is 4.56. The number of benzene rings is 3. The van der Waals surface area contributed by atoms with E-state index in [1.54, 1.807) is 7.11 Å². The largest absolute Gasteiger partial charge is 0.494 e. The highest BCUT2D eigenvalue weighted by atomic mass is 35.5. The van der Waals surface area contributed by atoms with Gasteiger partial charge in [-0.2, -0.15) is 4.98 Å². The van der Waals surface area contributed by atoms with Crippen LogP contribution < -0.4 is 21.1 Å². The molecule has 0 fully saturated rings. The summed E-state index contributed by atoms with van der Waals surface area (Å²) in [5.41, 5.74) is 9.31. The zero-order valence-corrected chi connectivity index (χ0v) is 16.7. The maximum Gasteiger partial charge on any atom is 0.229 e. The number of methoxy groups -OCH3 is 1. The summed E-state index contributed by atoms with van der Waals surface area (Å²) in [4.78, 5) is 9.37. The molecule has 0 aliphatic rings. The Bertz CT molecular complexity index is 1090. The molecule has 0 aliphatic carbocycles. The van der Waals surface area contributed by atoms with E-state index in [0.29, 0.717) is 24.1 Å². The number of fused-ring (bicyclic) bond motifs is 1. The average molecular weight is 408 g/mol.